The highest BCUT2D eigenvalue weighted by Gasteiger charge is 2.26. The molecule has 0 saturated heterocycles. The Morgan fingerprint density at radius 3 is 2.14 bits per heavy atom. The number of hydrogen-bond donors (Lipinski definition) is 1. The Morgan fingerprint density at radius 1 is 1.03 bits per heavy atom. The molecule has 1 aliphatic carbocycles. The van der Waals surface area contributed by atoms with Crippen LogP contribution >= 0.6 is 0 Å². The number of carbonyl (C=O) groups excluding carboxylic acids is 2. The number of carbonyl (C=O) groups is 2. The molecule has 1 N–H and O–H groups in total. The molecule has 1 aliphatic rings. The maximum absolute atomic E-state index is 12.2. The van der Waals surface area contributed by atoms with Crippen molar-refractivity contribution < 1.29 is 9.59 Å². The smallest absolute Gasteiger partial charge is 0.217 e. The Morgan fingerprint density at radius 2 is 1.64 bits per heavy atom. The molecule has 2 rings (SSSR count). The van der Waals surface area contributed by atoms with Crippen molar-refractivity contribution in [2.24, 2.45) is 16.8 Å². The van der Waals surface area contributed by atoms with E-state index in [-0.39, 0.29) is 11.7 Å². The summed E-state index contributed by atoms with van der Waals surface area (Å²) in [6, 6.07) is 6.25. The van der Waals surface area contributed by atoms with E-state index in [0.717, 1.165) is 36.3 Å². The minimum absolute atomic E-state index is 0.106. The molecule has 0 radical (unpaired) electrons. The molecular weight excluding hydrogens is 446 g/mol. The molecule has 1 saturated carbocycles. The normalized spacial score (nSPS) is 18.8. The van der Waals surface area contributed by atoms with Crippen molar-refractivity contribution in [1.82, 2.24) is 5.32 Å². The van der Waals surface area contributed by atoms with E-state index in [1.54, 1.807) is 0 Å². The molecule has 5 nitrogen and oxygen atoms in total. The maximum Gasteiger partial charge on any atom is 0.217 e. The second kappa shape index (κ2) is 15.8. The molecular formula is C31H51N3O2. The van der Waals surface area contributed by atoms with Crippen LogP contribution in [0.15, 0.2) is 23.2 Å². The predicted octanol–water partition coefficient (Wildman–Crippen LogP) is 7.56. The van der Waals surface area contributed by atoms with E-state index in [0.29, 0.717) is 19.3 Å². The second-order valence-corrected chi connectivity index (χ2v) is 10.8. The molecule has 0 aliphatic heterocycles. The van der Waals surface area contributed by atoms with Gasteiger partial charge in [-0.15, -0.1) is 0 Å². The van der Waals surface area contributed by atoms with Gasteiger partial charge < -0.3 is 10.2 Å². The van der Waals surface area contributed by atoms with E-state index in [1.807, 2.05) is 0 Å². The van der Waals surface area contributed by atoms with E-state index < -0.39 is 6.04 Å². The molecule has 5 heteroatoms. The predicted molar refractivity (Wildman–Crippen MR) is 154 cm³/mol. The minimum Gasteiger partial charge on any atom is -0.371 e. The summed E-state index contributed by atoms with van der Waals surface area (Å²) in [5.41, 5.74) is 4.44. The van der Waals surface area contributed by atoms with E-state index in [9.17, 15) is 9.59 Å². The highest BCUT2D eigenvalue weighted by molar-refractivity contribution is 6.01. The second-order valence-electron chi connectivity index (χ2n) is 10.8. The summed E-state index contributed by atoms with van der Waals surface area (Å²) in [5, 5.41) is 2.79. The van der Waals surface area contributed by atoms with Crippen LogP contribution in [0.3, 0.4) is 0 Å². The van der Waals surface area contributed by atoms with Gasteiger partial charge in [-0.2, -0.15) is 0 Å². The number of anilines is 1. The number of rotatable bonds is 15. The lowest BCUT2D eigenvalue weighted by atomic mass is 9.92. The number of benzene rings is 1. The van der Waals surface area contributed by atoms with Crippen LogP contribution in [0.2, 0.25) is 0 Å². The topological polar surface area (TPSA) is 61.8 Å². The highest BCUT2D eigenvalue weighted by atomic mass is 16.2. The van der Waals surface area contributed by atoms with Crippen molar-refractivity contribution in [3.63, 3.8) is 0 Å². The van der Waals surface area contributed by atoms with Crippen LogP contribution < -0.4 is 10.2 Å². The lowest BCUT2D eigenvalue weighted by Crippen LogP contribution is -2.43. The fourth-order valence-electron chi connectivity index (χ4n) is 5.25. The summed E-state index contributed by atoms with van der Waals surface area (Å²) < 4.78 is 0. The fourth-order valence-corrected chi connectivity index (χ4v) is 5.25. The standard InChI is InChI=1S/C31H51N3O2/c1-7-11-13-25(9-3)21-34(22-26(10-4)14-12-8-2)28-16-17-29(23(5)19-28)33-27-15-18-31(36)30(20-27)32-24(6)35/h16-17,19,25-26,30H,7-15,18,20-22H2,1-6H3,(H,32,35). The number of Topliss-reactive ketones (excluding diaryl/α,β-unsaturated/α-hetero) is 1. The van der Waals surface area contributed by atoms with Crippen molar-refractivity contribution in [2.45, 2.75) is 118 Å². The first-order valence-corrected chi connectivity index (χ1v) is 14.5. The third kappa shape index (κ3) is 9.71. The van der Waals surface area contributed by atoms with Gasteiger partial charge in [0.25, 0.3) is 0 Å². The molecule has 202 valence electrons. The maximum atomic E-state index is 12.2. The van der Waals surface area contributed by atoms with Crippen LogP contribution in [-0.2, 0) is 9.59 Å². The first kappa shape index (κ1) is 30.1. The average Bonchev–Trinajstić information content (AvgIpc) is 2.86. The minimum atomic E-state index is -0.437. The van der Waals surface area contributed by atoms with Gasteiger partial charge in [-0.05, 0) is 61.8 Å². The number of ketones is 1. The quantitative estimate of drug-likeness (QED) is 0.272. The van der Waals surface area contributed by atoms with Crippen molar-refractivity contribution >= 4 is 28.8 Å². The number of aryl methyl sites for hydroxylation is 1. The third-order valence-electron chi connectivity index (χ3n) is 7.73. The highest BCUT2D eigenvalue weighted by Crippen LogP contribution is 2.30. The third-order valence-corrected chi connectivity index (χ3v) is 7.73. The SMILES string of the molecule is CCCCC(CC)CN(CC(CC)CCCC)c1ccc(N=C2CCC(=O)C(NC(C)=O)C2)c(C)c1. The number of nitrogens with one attached hydrogen (secondary N) is 1. The van der Waals surface area contributed by atoms with Crippen LogP contribution in [0.1, 0.15) is 111 Å². The molecule has 0 spiro atoms. The van der Waals surface area contributed by atoms with Crippen molar-refractivity contribution in [3.05, 3.63) is 23.8 Å². The van der Waals surface area contributed by atoms with E-state index in [2.05, 4.69) is 63.0 Å². The first-order chi connectivity index (χ1) is 17.3. The number of hydrogen-bond acceptors (Lipinski definition) is 4. The van der Waals surface area contributed by atoms with Crippen molar-refractivity contribution in [1.29, 1.82) is 0 Å². The zero-order valence-electron chi connectivity index (χ0n) is 23.9. The van der Waals surface area contributed by atoms with Gasteiger partial charge in [0.1, 0.15) is 0 Å². The van der Waals surface area contributed by atoms with Gasteiger partial charge in [-0.1, -0.05) is 66.2 Å². The largest absolute Gasteiger partial charge is 0.371 e. The zero-order chi connectivity index (χ0) is 26.5. The molecule has 0 aromatic heterocycles. The number of aliphatic imine (C=N–C) groups is 1. The molecule has 1 fully saturated rings. The molecule has 0 bridgehead atoms. The van der Waals surface area contributed by atoms with Crippen molar-refractivity contribution in [2.75, 3.05) is 18.0 Å². The Balaban J connectivity index is 2.25. The molecule has 36 heavy (non-hydrogen) atoms. The van der Waals surface area contributed by atoms with E-state index in [4.69, 9.17) is 4.99 Å². The van der Waals surface area contributed by atoms with E-state index in [1.165, 1.54) is 69.5 Å². The number of amides is 1. The lowest BCUT2D eigenvalue weighted by Gasteiger charge is -2.33. The van der Waals surface area contributed by atoms with Crippen LogP contribution in [0.4, 0.5) is 11.4 Å². The molecule has 1 amide bonds. The van der Waals surface area contributed by atoms with E-state index >= 15 is 0 Å². The van der Waals surface area contributed by atoms with Crippen molar-refractivity contribution in [3.8, 4) is 0 Å². The van der Waals surface area contributed by atoms with Gasteiger partial charge in [0.2, 0.25) is 5.91 Å². The Hall–Kier alpha value is -2.17. The van der Waals surface area contributed by atoms with Crippen LogP contribution in [-0.4, -0.2) is 36.5 Å². The number of unbranched alkanes of at least 4 members (excludes halogenated alkanes) is 2. The van der Waals surface area contributed by atoms with Gasteiger partial charge in [0, 0.05) is 44.3 Å². The lowest BCUT2D eigenvalue weighted by molar-refractivity contribution is -0.126. The van der Waals surface area contributed by atoms with Crippen LogP contribution in [0.25, 0.3) is 0 Å². The Labute approximate surface area is 220 Å². The zero-order valence-corrected chi connectivity index (χ0v) is 23.9. The summed E-state index contributed by atoms with van der Waals surface area (Å²) in [5.74, 6) is 1.39. The molecule has 1 aromatic carbocycles. The van der Waals surface area contributed by atoms with Crippen LogP contribution in [0.5, 0.6) is 0 Å². The average molecular weight is 498 g/mol. The summed E-state index contributed by atoms with van der Waals surface area (Å²) in [6.45, 7) is 15.1. The molecule has 0 heterocycles. The van der Waals surface area contributed by atoms with Crippen LogP contribution in [0, 0.1) is 18.8 Å². The summed E-state index contributed by atoms with van der Waals surface area (Å²) in [4.78, 5) is 31.3. The Bertz CT molecular complexity index is 845. The van der Waals surface area contributed by atoms with Gasteiger partial charge in [-0.3, -0.25) is 14.6 Å². The fraction of sp³-hybridized carbons (Fsp3) is 0.710. The Kier molecular flexibility index (Phi) is 13.2. The summed E-state index contributed by atoms with van der Waals surface area (Å²) >= 11 is 0. The number of nitrogens with zero attached hydrogens (tertiary/aromatic N) is 2. The molecule has 1 aromatic rings. The monoisotopic (exact) mass is 497 g/mol. The van der Waals surface area contributed by atoms with Gasteiger partial charge >= 0.3 is 0 Å². The first-order valence-electron chi connectivity index (χ1n) is 14.5. The summed E-state index contributed by atoms with van der Waals surface area (Å²) in [7, 11) is 0. The van der Waals surface area contributed by atoms with Gasteiger partial charge in [-0.25, -0.2) is 0 Å². The molecule has 3 unspecified atom stereocenters. The van der Waals surface area contributed by atoms with Gasteiger partial charge in [0.15, 0.2) is 5.78 Å². The summed E-state index contributed by atoms with van der Waals surface area (Å²) in [6.07, 6.45) is 11.8. The van der Waals surface area contributed by atoms with Gasteiger partial charge in [0.05, 0.1) is 11.7 Å². The molecule has 3 atom stereocenters.